The summed E-state index contributed by atoms with van der Waals surface area (Å²) in [5.74, 6) is -1.42. The summed E-state index contributed by atoms with van der Waals surface area (Å²) >= 11 is 5.55. The molecule has 0 aliphatic carbocycles. The molecule has 3 N–H and O–H groups in total. The van der Waals surface area contributed by atoms with Crippen LogP contribution in [0.3, 0.4) is 0 Å². The average molecular weight is 401 g/mol. The van der Waals surface area contributed by atoms with Crippen LogP contribution in [0.25, 0.3) is 0 Å². The standard InChI is InChI=1S/C16H18ClFN4O5/c1-9-21-22-16(27-9)15(25)19-5-4-10(23)7-20-14(24)8-26-11-2-3-12(17)13(18)6-11/h2-3,6,10,23H,4-5,7-8H2,1H3,(H,19,25)(H,20,24). The molecule has 27 heavy (non-hydrogen) atoms. The fourth-order valence-electron chi connectivity index (χ4n) is 1.92. The van der Waals surface area contributed by atoms with Gasteiger partial charge in [-0.1, -0.05) is 11.6 Å². The summed E-state index contributed by atoms with van der Waals surface area (Å²) in [5.41, 5.74) is 0. The van der Waals surface area contributed by atoms with E-state index in [1.165, 1.54) is 12.1 Å². The SMILES string of the molecule is Cc1nnc(C(=O)NCCC(O)CNC(=O)COc2ccc(Cl)c(F)c2)o1. The number of hydrogen-bond acceptors (Lipinski definition) is 7. The lowest BCUT2D eigenvalue weighted by molar-refractivity contribution is -0.123. The first-order valence-corrected chi connectivity index (χ1v) is 8.34. The molecule has 11 heteroatoms. The van der Waals surface area contributed by atoms with Gasteiger partial charge < -0.3 is 24.9 Å². The van der Waals surface area contributed by atoms with Crippen molar-refractivity contribution < 1.29 is 28.2 Å². The molecule has 0 aliphatic heterocycles. The number of carbonyl (C=O) groups is 2. The zero-order valence-electron chi connectivity index (χ0n) is 14.4. The van der Waals surface area contributed by atoms with Crippen molar-refractivity contribution in [2.24, 2.45) is 0 Å². The van der Waals surface area contributed by atoms with Crippen molar-refractivity contribution in [1.82, 2.24) is 20.8 Å². The number of nitrogens with one attached hydrogen (secondary N) is 2. The third-order valence-electron chi connectivity index (χ3n) is 3.28. The van der Waals surface area contributed by atoms with Gasteiger partial charge in [0, 0.05) is 26.1 Å². The number of benzene rings is 1. The Labute approximate surface area is 158 Å². The highest BCUT2D eigenvalue weighted by atomic mass is 35.5. The number of halogens is 2. The minimum absolute atomic E-state index is 0.0350. The van der Waals surface area contributed by atoms with Gasteiger partial charge in [0.25, 0.3) is 5.91 Å². The monoisotopic (exact) mass is 400 g/mol. The molecule has 0 aliphatic rings. The predicted molar refractivity (Wildman–Crippen MR) is 91.9 cm³/mol. The van der Waals surface area contributed by atoms with E-state index in [1.54, 1.807) is 6.92 Å². The Morgan fingerprint density at radius 1 is 1.37 bits per heavy atom. The zero-order valence-corrected chi connectivity index (χ0v) is 15.1. The largest absolute Gasteiger partial charge is 0.484 e. The van der Waals surface area contributed by atoms with E-state index in [9.17, 15) is 19.1 Å². The molecule has 146 valence electrons. The first-order chi connectivity index (χ1) is 12.8. The predicted octanol–water partition coefficient (Wildman–Crippen LogP) is 0.847. The molecule has 0 saturated heterocycles. The molecule has 9 nitrogen and oxygen atoms in total. The normalized spacial score (nSPS) is 11.7. The molecule has 0 saturated carbocycles. The summed E-state index contributed by atoms with van der Waals surface area (Å²) < 4.78 is 23.3. The number of hydrogen-bond donors (Lipinski definition) is 3. The van der Waals surface area contributed by atoms with Crippen LogP contribution in [0.1, 0.15) is 23.0 Å². The molecule has 1 unspecified atom stereocenters. The van der Waals surface area contributed by atoms with Gasteiger partial charge >= 0.3 is 11.8 Å². The number of aryl methyl sites for hydroxylation is 1. The van der Waals surface area contributed by atoms with Crippen molar-refractivity contribution in [2.45, 2.75) is 19.4 Å². The minimum atomic E-state index is -0.883. The van der Waals surface area contributed by atoms with Gasteiger partial charge in [-0.2, -0.15) is 0 Å². The Hall–Kier alpha value is -2.72. The molecule has 1 aromatic heterocycles. The van der Waals surface area contributed by atoms with E-state index in [-0.39, 0.29) is 48.7 Å². The number of carbonyl (C=O) groups excluding carboxylic acids is 2. The molecule has 2 rings (SSSR count). The van der Waals surface area contributed by atoms with Crippen LogP contribution in [-0.4, -0.2) is 52.9 Å². The van der Waals surface area contributed by atoms with Crippen molar-refractivity contribution in [3.8, 4) is 5.75 Å². The smallest absolute Gasteiger partial charge is 0.308 e. The number of aliphatic hydroxyl groups is 1. The summed E-state index contributed by atoms with van der Waals surface area (Å²) in [6.07, 6.45) is -0.686. The Morgan fingerprint density at radius 3 is 2.81 bits per heavy atom. The van der Waals surface area contributed by atoms with Crippen molar-refractivity contribution in [1.29, 1.82) is 0 Å². The van der Waals surface area contributed by atoms with Crippen LogP contribution in [0, 0.1) is 12.7 Å². The summed E-state index contributed by atoms with van der Waals surface area (Å²) in [5, 5.41) is 21.8. The molecular weight excluding hydrogens is 383 g/mol. The number of aromatic nitrogens is 2. The maximum atomic E-state index is 13.3. The lowest BCUT2D eigenvalue weighted by Gasteiger charge is -2.12. The van der Waals surface area contributed by atoms with Crippen LogP contribution < -0.4 is 15.4 Å². The van der Waals surface area contributed by atoms with Crippen LogP contribution >= 0.6 is 11.6 Å². The summed E-state index contributed by atoms with van der Waals surface area (Å²) in [4.78, 5) is 23.3. The lowest BCUT2D eigenvalue weighted by Crippen LogP contribution is -2.37. The summed E-state index contributed by atoms with van der Waals surface area (Å²) in [7, 11) is 0. The fraction of sp³-hybridized carbons (Fsp3) is 0.375. The molecular formula is C16H18ClFN4O5. The van der Waals surface area contributed by atoms with Crippen LogP contribution in [0.2, 0.25) is 5.02 Å². The number of ether oxygens (including phenoxy) is 1. The Balaban J connectivity index is 1.61. The van der Waals surface area contributed by atoms with E-state index in [1.807, 2.05) is 0 Å². The second-order valence-corrected chi connectivity index (χ2v) is 5.90. The molecule has 1 atom stereocenters. The van der Waals surface area contributed by atoms with Crippen LogP contribution in [0.15, 0.2) is 22.6 Å². The van der Waals surface area contributed by atoms with E-state index in [4.69, 9.17) is 20.8 Å². The number of aliphatic hydroxyl groups excluding tert-OH is 1. The third-order valence-corrected chi connectivity index (χ3v) is 3.59. The molecule has 0 bridgehead atoms. The van der Waals surface area contributed by atoms with Crippen LogP contribution in [0.4, 0.5) is 4.39 Å². The highest BCUT2D eigenvalue weighted by Gasteiger charge is 2.14. The van der Waals surface area contributed by atoms with E-state index in [0.717, 1.165) is 6.07 Å². The van der Waals surface area contributed by atoms with Gasteiger partial charge in [-0.05, 0) is 18.6 Å². The van der Waals surface area contributed by atoms with Gasteiger partial charge in [-0.25, -0.2) is 4.39 Å². The van der Waals surface area contributed by atoms with E-state index >= 15 is 0 Å². The van der Waals surface area contributed by atoms with Crippen LogP contribution in [-0.2, 0) is 4.79 Å². The molecule has 1 aromatic carbocycles. The Bertz CT molecular complexity index is 801. The van der Waals surface area contributed by atoms with E-state index < -0.39 is 23.7 Å². The number of nitrogens with zero attached hydrogens (tertiary/aromatic N) is 2. The lowest BCUT2D eigenvalue weighted by atomic mass is 10.2. The molecule has 0 spiro atoms. The molecule has 0 fully saturated rings. The second-order valence-electron chi connectivity index (χ2n) is 5.49. The highest BCUT2D eigenvalue weighted by molar-refractivity contribution is 6.30. The molecule has 0 radical (unpaired) electrons. The second kappa shape index (κ2) is 9.83. The van der Waals surface area contributed by atoms with E-state index in [2.05, 4.69) is 20.8 Å². The van der Waals surface area contributed by atoms with Gasteiger partial charge in [0.2, 0.25) is 5.89 Å². The fourth-order valence-corrected chi connectivity index (χ4v) is 2.03. The van der Waals surface area contributed by atoms with Crippen LogP contribution in [0.5, 0.6) is 5.75 Å². The van der Waals surface area contributed by atoms with Gasteiger partial charge in [0.15, 0.2) is 6.61 Å². The van der Waals surface area contributed by atoms with Gasteiger partial charge in [-0.15, -0.1) is 10.2 Å². The minimum Gasteiger partial charge on any atom is -0.484 e. The maximum Gasteiger partial charge on any atom is 0.308 e. The average Bonchev–Trinajstić information content (AvgIpc) is 3.07. The van der Waals surface area contributed by atoms with Gasteiger partial charge in [-0.3, -0.25) is 9.59 Å². The first kappa shape index (κ1) is 20.6. The Morgan fingerprint density at radius 2 is 2.15 bits per heavy atom. The Kier molecular flexibility index (Phi) is 7.50. The highest BCUT2D eigenvalue weighted by Crippen LogP contribution is 2.20. The van der Waals surface area contributed by atoms with Gasteiger partial charge in [0.05, 0.1) is 11.1 Å². The van der Waals surface area contributed by atoms with Crippen molar-refractivity contribution in [3.63, 3.8) is 0 Å². The molecule has 2 amide bonds. The van der Waals surface area contributed by atoms with Crippen molar-refractivity contribution in [3.05, 3.63) is 40.8 Å². The summed E-state index contributed by atoms with van der Waals surface area (Å²) in [6.45, 7) is 1.33. The topological polar surface area (TPSA) is 127 Å². The number of rotatable bonds is 9. The van der Waals surface area contributed by atoms with Gasteiger partial charge in [0.1, 0.15) is 11.6 Å². The quantitative estimate of drug-likeness (QED) is 0.569. The molecule has 1 heterocycles. The number of amides is 2. The van der Waals surface area contributed by atoms with E-state index in [0.29, 0.717) is 0 Å². The zero-order chi connectivity index (χ0) is 19.8. The summed E-state index contributed by atoms with van der Waals surface area (Å²) in [6, 6.07) is 3.82. The van der Waals surface area contributed by atoms with Crippen molar-refractivity contribution in [2.75, 3.05) is 19.7 Å². The first-order valence-electron chi connectivity index (χ1n) is 7.96. The molecule has 2 aromatic rings. The van der Waals surface area contributed by atoms with Crippen molar-refractivity contribution >= 4 is 23.4 Å². The maximum absolute atomic E-state index is 13.3. The third kappa shape index (κ3) is 6.83.